The van der Waals surface area contributed by atoms with Crippen LogP contribution in [0, 0.1) is 0 Å². The van der Waals surface area contributed by atoms with Crippen LogP contribution in [0.1, 0.15) is 0 Å². The molecule has 0 atom stereocenters. The van der Waals surface area contributed by atoms with E-state index in [1.165, 1.54) is 0 Å². The average Bonchev–Trinajstić information content (AvgIpc) is 0.650. The SMILES string of the molecule is [CH3][Fe]([CH3])([CH3])([CH3])[CH3]. The predicted molar refractivity (Wildman–Crippen MR) is 29.3 cm³/mol. The first kappa shape index (κ1) is 6.52. The van der Waals surface area contributed by atoms with Gasteiger partial charge < -0.3 is 0 Å². The van der Waals surface area contributed by atoms with Gasteiger partial charge in [-0.3, -0.25) is 0 Å². The van der Waals surface area contributed by atoms with E-state index in [-0.39, 0.29) is 0 Å². The van der Waals surface area contributed by atoms with Gasteiger partial charge in [0.05, 0.1) is 0 Å². The summed E-state index contributed by atoms with van der Waals surface area (Å²) in [6.45, 7) is 0. The molecule has 1 heteroatoms. The molecule has 0 rings (SSSR count). The molecular formula is C5H15Fe. The topological polar surface area (TPSA) is 0 Å². The molecule has 0 aromatic heterocycles. The summed E-state index contributed by atoms with van der Waals surface area (Å²) in [5, 5.41) is 0. The van der Waals surface area contributed by atoms with Crippen molar-refractivity contribution < 1.29 is 11.8 Å². The van der Waals surface area contributed by atoms with E-state index in [0.29, 0.717) is 0 Å². The molecule has 0 bridgehead atoms. The van der Waals surface area contributed by atoms with Gasteiger partial charge in [-0.2, -0.15) is 0 Å². The zero-order valence-corrected chi connectivity index (χ0v) is 6.46. The van der Waals surface area contributed by atoms with Crippen molar-refractivity contribution >= 4 is 0 Å². The van der Waals surface area contributed by atoms with Gasteiger partial charge in [0.1, 0.15) is 0 Å². The van der Waals surface area contributed by atoms with Crippen molar-refractivity contribution in [3.05, 3.63) is 0 Å². The predicted octanol–water partition coefficient (Wildman–Crippen LogP) is 2.92. The van der Waals surface area contributed by atoms with Crippen molar-refractivity contribution in [1.29, 1.82) is 0 Å². The molecule has 0 radical (unpaired) electrons. The summed E-state index contributed by atoms with van der Waals surface area (Å²) in [6.07, 6.45) is 0. The molecule has 0 fully saturated rings. The molecule has 0 saturated heterocycles. The standard InChI is InChI=1S/5CH3.Fe/h5*1H3;. The molecule has 6 heavy (non-hydrogen) atoms. The van der Waals surface area contributed by atoms with Gasteiger partial charge in [0, 0.05) is 0 Å². The van der Waals surface area contributed by atoms with Crippen LogP contribution < -0.4 is 0 Å². The van der Waals surface area contributed by atoms with E-state index < -0.39 is 11.8 Å². The van der Waals surface area contributed by atoms with E-state index in [9.17, 15) is 0 Å². The third-order valence-electron chi connectivity index (χ3n) is 0. The average molecular weight is 131 g/mol. The fourth-order valence-corrected chi connectivity index (χ4v) is 0. The quantitative estimate of drug-likeness (QED) is 0.443. The van der Waals surface area contributed by atoms with E-state index in [1.54, 1.807) is 0 Å². The maximum absolute atomic E-state index is 2.35. The molecule has 0 aliphatic heterocycles. The van der Waals surface area contributed by atoms with Gasteiger partial charge in [-0.15, -0.1) is 0 Å². The van der Waals surface area contributed by atoms with Crippen LogP contribution in [0.3, 0.4) is 0 Å². The van der Waals surface area contributed by atoms with Crippen molar-refractivity contribution in [3.8, 4) is 0 Å². The van der Waals surface area contributed by atoms with Gasteiger partial charge in [-0.25, -0.2) is 0 Å². The van der Waals surface area contributed by atoms with E-state index >= 15 is 0 Å². The third kappa shape index (κ3) is 207. The number of hydrogen-bond donors (Lipinski definition) is 0. The maximum atomic E-state index is 2.35. The normalized spacial score (nSPS) is 19.2. The number of hydrogen-bond acceptors (Lipinski definition) is 0. The zero-order chi connectivity index (χ0) is 5.45. The molecule has 0 heterocycles. The molecule has 0 aromatic carbocycles. The second-order valence-electron chi connectivity index (χ2n) is 3.54. The molecule has 0 amide bonds. The van der Waals surface area contributed by atoms with E-state index in [0.717, 1.165) is 0 Å². The van der Waals surface area contributed by atoms with Crippen LogP contribution in [-0.2, 0) is 11.8 Å². The Morgan fingerprint density at radius 3 is 0.667 bits per heavy atom. The summed E-state index contributed by atoms with van der Waals surface area (Å²) in [4.78, 5) is 0. The van der Waals surface area contributed by atoms with Crippen LogP contribution in [0.5, 0.6) is 0 Å². The van der Waals surface area contributed by atoms with Gasteiger partial charge in [0.2, 0.25) is 0 Å². The van der Waals surface area contributed by atoms with Crippen molar-refractivity contribution in [2.45, 2.75) is 29.1 Å². The summed E-state index contributed by atoms with van der Waals surface area (Å²) in [6, 6.07) is 0. The first-order chi connectivity index (χ1) is 2.24. The summed E-state index contributed by atoms with van der Waals surface area (Å²) >= 11 is -1.15. The monoisotopic (exact) mass is 131 g/mol. The minimum atomic E-state index is -1.15. The molecule has 0 nitrogen and oxygen atoms in total. The van der Waals surface area contributed by atoms with Gasteiger partial charge >= 0.3 is 40.9 Å². The third-order valence-corrected chi connectivity index (χ3v) is 0. The first-order valence-electron chi connectivity index (χ1n) is 1.77. The Kier molecular flexibility index (Phi) is 1.11. The second-order valence-corrected chi connectivity index (χ2v) is 14.6. The van der Waals surface area contributed by atoms with Crippen molar-refractivity contribution in [2.24, 2.45) is 0 Å². The van der Waals surface area contributed by atoms with Crippen LogP contribution in [-0.4, -0.2) is 0 Å². The zero-order valence-electron chi connectivity index (χ0n) is 5.35. The van der Waals surface area contributed by atoms with E-state index in [2.05, 4.69) is 29.1 Å². The van der Waals surface area contributed by atoms with Crippen LogP contribution in [0.15, 0.2) is 0 Å². The molecular weight excluding hydrogens is 116 g/mol. The Hall–Kier alpha value is 0.519. The van der Waals surface area contributed by atoms with Gasteiger partial charge in [0.25, 0.3) is 0 Å². The van der Waals surface area contributed by atoms with Crippen LogP contribution in [0.4, 0.5) is 0 Å². The Morgan fingerprint density at radius 2 is 0.667 bits per heavy atom. The molecule has 43 valence electrons. The van der Waals surface area contributed by atoms with Crippen LogP contribution in [0.2, 0.25) is 29.1 Å². The Labute approximate surface area is 41.5 Å². The molecule has 0 aliphatic carbocycles. The summed E-state index contributed by atoms with van der Waals surface area (Å²) in [7, 11) is 0. The Bertz CT molecular complexity index is 37.1. The fraction of sp³-hybridized carbons (Fsp3) is 1.00. The number of rotatable bonds is 0. The van der Waals surface area contributed by atoms with Gasteiger partial charge in [-0.1, -0.05) is 0 Å². The van der Waals surface area contributed by atoms with Crippen LogP contribution >= 0.6 is 0 Å². The van der Waals surface area contributed by atoms with E-state index in [1.807, 2.05) is 0 Å². The van der Waals surface area contributed by atoms with Crippen molar-refractivity contribution in [3.63, 3.8) is 0 Å². The second kappa shape index (κ2) is 1.02. The fourth-order valence-electron chi connectivity index (χ4n) is 0. The Morgan fingerprint density at radius 1 is 0.667 bits per heavy atom. The summed E-state index contributed by atoms with van der Waals surface area (Å²) in [5.74, 6) is 11.8. The molecule has 0 N–H and O–H groups in total. The molecule has 0 saturated carbocycles. The Balaban J connectivity index is 3.73. The van der Waals surface area contributed by atoms with Gasteiger partial charge in [0.15, 0.2) is 0 Å². The molecule has 0 aliphatic rings. The van der Waals surface area contributed by atoms with Crippen LogP contribution in [0.25, 0.3) is 0 Å². The minimum absolute atomic E-state index is 1.15. The van der Waals surface area contributed by atoms with Gasteiger partial charge in [-0.05, 0) is 0 Å². The van der Waals surface area contributed by atoms with E-state index in [4.69, 9.17) is 0 Å². The molecule has 0 spiro atoms. The first-order valence-corrected chi connectivity index (χ1v) is 7.29. The summed E-state index contributed by atoms with van der Waals surface area (Å²) in [5.41, 5.74) is 0. The van der Waals surface area contributed by atoms with Crippen molar-refractivity contribution in [1.82, 2.24) is 0 Å². The molecule has 0 aromatic rings. The molecule has 0 unspecified atom stereocenters. The van der Waals surface area contributed by atoms with Crippen molar-refractivity contribution in [2.75, 3.05) is 0 Å². The summed E-state index contributed by atoms with van der Waals surface area (Å²) < 4.78 is 0.